The number of methoxy groups -OCH3 is 1. The summed E-state index contributed by atoms with van der Waals surface area (Å²) in [5, 5.41) is 2.90. The molecule has 33 heavy (non-hydrogen) atoms. The van der Waals surface area contributed by atoms with Gasteiger partial charge in [0, 0.05) is 16.6 Å². The second kappa shape index (κ2) is 11.4. The zero-order chi connectivity index (χ0) is 23.8. The van der Waals surface area contributed by atoms with Crippen LogP contribution >= 0.6 is 15.9 Å². The third kappa shape index (κ3) is 6.66. The molecule has 0 fully saturated rings. The average molecular weight is 531 g/mol. The largest absolute Gasteiger partial charge is 0.496 e. The van der Waals surface area contributed by atoms with Crippen molar-refractivity contribution in [3.8, 4) is 5.75 Å². The summed E-state index contributed by atoms with van der Waals surface area (Å²) in [6, 6.07) is 23.1. The summed E-state index contributed by atoms with van der Waals surface area (Å²) in [7, 11) is -2.30. The van der Waals surface area contributed by atoms with Crippen molar-refractivity contribution >= 4 is 31.9 Å². The molecule has 0 heterocycles. The van der Waals surface area contributed by atoms with E-state index in [1.54, 1.807) is 19.2 Å². The summed E-state index contributed by atoms with van der Waals surface area (Å²) in [5.41, 5.74) is 1.82. The Balaban J connectivity index is 1.79. The molecular weight excluding hydrogens is 504 g/mol. The first-order valence-electron chi connectivity index (χ1n) is 10.5. The van der Waals surface area contributed by atoms with E-state index in [1.165, 1.54) is 16.4 Å². The molecule has 0 spiro atoms. The van der Waals surface area contributed by atoms with E-state index >= 15 is 0 Å². The average Bonchev–Trinajstić information content (AvgIpc) is 2.82. The van der Waals surface area contributed by atoms with Crippen LogP contribution in [0.15, 0.2) is 88.2 Å². The number of nitrogens with zero attached hydrogens (tertiary/aromatic N) is 1. The van der Waals surface area contributed by atoms with Crippen molar-refractivity contribution in [1.82, 2.24) is 9.62 Å². The molecule has 0 bridgehead atoms. The van der Waals surface area contributed by atoms with Gasteiger partial charge in [-0.15, -0.1) is 0 Å². The van der Waals surface area contributed by atoms with Gasteiger partial charge in [0.15, 0.2) is 0 Å². The first-order chi connectivity index (χ1) is 15.8. The molecule has 0 saturated heterocycles. The van der Waals surface area contributed by atoms with Gasteiger partial charge < -0.3 is 10.1 Å². The summed E-state index contributed by atoms with van der Waals surface area (Å²) < 4.78 is 34.1. The van der Waals surface area contributed by atoms with Gasteiger partial charge in [-0.05, 0) is 49.2 Å². The standard InChI is InChI=1S/C25H27BrN2O4S/c1-19(23-10-6-7-11-24(23)32-2)27-25(29)18-28(17-16-20-8-4-3-5-9-20)33(30,31)22-14-12-21(26)13-15-22/h3-15,19H,16-18H2,1-2H3,(H,27,29). The molecule has 6 nitrogen and oxygen atoms in total. The normalized spacial score (nSPS) is 12.4. The zero-order valence-corrected chi connectivity index (χ0v) is 21.0. The maximum Gasteiger partial charge on any atom is 0.243 e. The number of rotatable bonds is 10. The minimum atomic E-state index is -3.87. The van der Waals surface area contributed by atoms with Crippen molar-refractivity contribution in [3.05, 3.63) is 94.5 Å². The number of para-hydroxylation sites is 1. The molecule has 1 unspecified atom stereocenters. The van der Waals surface area contributed by atoms with Gasteiger partial charge in [0.2, 0.25) is 15.9 Å². The SMILES string of the molecule is COc1ccccc1C(C)NC(=O)CN(CCc1ccccc1)S(=O)(=O)c1ccc(Br)cc1. The molecule has 1 N–H and O–H groups in total. The highest BCUT2D eigenvalue weighted by Gasteiger charge is 2.27. The minimum Gasteiger partial charge on any atom is -0.496 e. The lowest BCUT2D eigenvalue weighted by Crippen LogP contribution is -2.42. The quantitative estimate of drug-likeness (QED) is 0.416. The van der Waals surface area contributed by atoms with Crippen molar-refractivity contribution in [1.29, 1.82) is 0 Å². The van der Waals surface area contributed by atoms with E-state index in [9.17, 15) is 13.2 Å². The van der Waals surface area contributed by atoms with Crippen LogP contribution < -0.4 is 10.1 Å². The van der Waals surface area contributed by atoms with E-state index in [0.29, 0.717) is 12.2 Å². The number of hydrogen-bond donors (Lipinski definition) is 1. The minimum absolute atomic E-state index is 0.143. The molecule has 0 aliphatic rings. The fraction of sp³-hybridized carbons (Fsp3) is 0.240. The molecule has 0 aliphatic heterocycles. The summed E-state index contributed by atoms with van der Waals surface area (Å²) in [6.07, 6.45) is 0.492. The summed E-state index contributed by atoms with van der Waals surface area (Å²) >= 11 is 3.33. The van der Waals surface area contributed by atoms with E-state index in [-0.39, 0.29) is 29.9 Å². The highest BCUT2D eigenvalue weighted by molar-refractivity contribution is 9.10. The molecule has 0 saturated carbocycles. The number of carbonyl (C=O) groups excluding carboxylic acids is 1. The molecule has 3 rings (SSSR count). The van der Waals surface area contributed by atoms with Crippen LogP contribution in [-0.2, 0) is 21.2 Å². The van der Waals surface area contributed by atoms with E-state index in [2.05, 4.69) is 21.2 Å². The van der Waals surface area contributed by atoms with Crippen molar-refractivity contribution in [3.63, 3.8) is 0 Å². The van der Waals surface area contributed by atoms with Crippen molar-refractivity contribution in [2.75, 3.05) is 20.2 Å². The Morgan fingerprint density at radius 2 is 1.64 bits per heavy atom. The maximum absolute atomic E-state index is 13.4. The summed E-state index contributed by atoms with van der Waals surface area (Å²) in [6.45, 7) is 1.73. The number of amides is 1. The van der Waals surface area contributed by atoms with Crippen LogP contribution in [0.5, 0.6) is 5.75 Å². The van der Waals surface area contributed by atoms with E-state index in [4.69, 9.17) is 4.74 Å². The number of sulfonamides is 1. The molecule has 3 aromatic carbocycles. The topological polar surface area (TPSA) is 75.7 Å². The first kappa shape index (κ1) is 25.0. The third-order valence-electron chi connectivity index (χ3n) is 5.25. The molecule has 1 atom stereocenters. The predicted octanol–water partition coefficient (Wildman–Crippen LogP) is 4.57. The molecule has 0 aliphatic carbocycles. The summed E-state index contributed by atoms with van der Waals surface area (Å²) in [4.78, 5) is 13.1. The van der Waals surface area contributed by atoms with Crippen molar-refractivity contribution in [2.45, 2.75) is 24.3 Å². The van der Waals surface area contributed by atoms with Crippen LogP contribution in [0.1, 0.15) is 24.1 Å². The fourth-order valence-electron chi connectivity index (χ4n) is 3.49. The first-order valence-corrected chi connectivity index (χ1v) is 12.8. The van der Waals surface area contributed by atoms with Crippen LogP contribution in [0.25, 0.3) is 0 Å². The molecule has 3 aromatic rings. The predicted molar refractivity (Wildman–Crippen MR) is 133 cm³/mol. The van der Waals surface area contributed by atoms with Gasteiger partial charge in [-0.25, -0.2) is 8.42 Å². The molecule has 0 radical (unpaired) electrons. The number of nitrogens with one attached hydrogen (secondary N) is 1. The number of carbonyl (C=O) groups is 1. The molecule has 174 valence electrons. The van der Waals surface area contributed by atoms with Crippen LogP contribution in [0, 0.1) is 0 Å². The second-order valence-corrected chi connectivity index (χ2v) is 10.4. The van der Waals surface area contributed by atoms with Gasteiger partial charge >= 0.3 is 0 Å². The van der Waals surface area contributed by atoms with Gasteiger partial charge in [-0.1, -0.05) is 64.5 Å². The fourth-order valence-corrected chi connectivity index (χ4v) is 5.15. The molecule has 8 heteroatoms. The highest BCUT2D eigenvalue weighted by Crippen LogP contribution is 2.24. The number of benzene rings is 3. The molecular formula is C25H27BrN2O4S. The van der Waals surface area contributed by atoms with E-state index in [1.807, 2.05) is 61.5 Å². The van der Waals surface area contributed by atoms with Crippen LogP contribution in [-0.4, -0.2) is 38.8 Å². The maximum atomic E-state index is 13.4. The van der Waals surface area contributed by atoms with Gasteiger partial charge in [-0.3, -0.25) is 4.79 Å². The van der Waals surface area contributed by atoms with Gasteiger partial charge in [-0.2, -0.15) is 4.31 Å². The lowest BCUT2D eigenvalue weighted by atomic mass is 10.1. The number of ether oxygens (including phenoxy) is 1. The Kier molecular flexibility index (Phi) is 8.66. The third-order valence-corrected chi connectivity index (χ3v) is 7.64. The monoisotopic (exact) mass is 530 g/mol. The van der Waals surface area contributed by atoms with Crippen molar-refractivity contribution in [2.24, 2.45) is 0 Å². The Labute approximate surface area is 203 Å². The number of halogens is 1. The Hall–Kier alpha value is -2.68. The Morgan fingerprint density at radius 3 is 2.30 bits per heavy atom. The zero-order valence-electron chi connectivity index (χ0n) is 18.6. The Bertz CT molecular complexity index is 1170. The van der Waals surface area contributed by atoms with Crippen LogP contribution in [0.3, 0.4) is 0 Å². The van der Waals surface area contributed by atoms with Gasteiger partial charge in [0.25, 0.3) is 0 Å². The summed E-state index contributed by atoms with van der Waals surface area (Å²) in [5.74, 6) is 0.274. The highest BCUT2D eigenvalue weighted by atomic mass is 79.9. The van der Waals surface area contributed by atoms with Crippen molar-refractivity contribution < 1.29 is 17.9 Å². The smallest absolute Gasteiger partial charge is 0.243 e. The lowest BCUT2D eigenvalue weighted by molar-refractivity contribution is -0.121. The van der Waals surface area contributed by atoms with Crippen LogP contribution in [0.2, 0.25) is 0 Å². The molecule has 1 amide bonds. The van der Waals surface area contributed by atoms with Crippen LogP contribution in [0.4, 0.5) is 0 Å². The van der Waals surface area contributed by atoms with E-state index in [0.717, 1.165) is 15.6 Å². The van der Waals surface area contributed by atoms with Gasteiger partial charge in [0.1, 0.15) is 5.75 Å². The Morgan fingerprint density at radius 1 is 1.00 bits per heavy atom. The number of hydrogen-bond acceptors (Lipinski definition) is 4. The van der Waals surface area contributed by atoms with Gasteiger partial charge in [0.05, 0.1) is 24.6 Å². The second-order valence-electron chi connectivity index (χ2n) is 7.56. The van der Waals surface area contributed by atoms with E-state index < -0.39 is 10.0 Å². The molecule has 0 aromatic heterocycles. The lowest BCUT2D eigenvalue weighted by Gasteiger charge is -2.24.